The second-order valence-corrected chi connectivity index (χ2v) is 7.63. The number of carbonyl (C=O) groups excluding carboxylic acids is 2. The Bertz CT molecular complexity index is 670. The second kappa shape index (κ2) is 7.98. The molecule has 0 radical (unpaired) electrons. The van der Waals surface area contributed by atoms with E-state index < -0.39 is 17.9 Å². The molecule has 2 aliphatic rings. The molecular weight excluding hydrogens is 332 g/mol. The zero-order valence-corrected chi connectivity index (χ0v) is 15.1. The predicted molar refractivity (Wildman–Crippen MR) is 95.1 cm³/mol. The van der Waals surface area contributed by atoms with Gasteiger partial charge < -0.3 is 5.11 Å². The van der Waals surface area contributed by atoms with Crippen LogP contribution in [-0.4, -0.2) is 38.8 Å². The first-order chi connectivity index (χ1) is 12.5. The average Bonchev–Trinajstić information content (AvgIpc) is 2.64. The molecule has 6 nitrogen and oxygen atoms in total. The summed E-state index contributed by atoms with van der Waals surface area (Å²) in [6.07, 6.45) is 9.67. The third kappa shape index (κ3) is 3.79. The molecule has 3 rings (SSSR count). The minimum absolute atomic E-state index is 0.185. The highest BCUT2D eigenvalue weighted by molar-refractivity contribution is 6.08. The van der Waals surface area contributed by atoms with Gasteiger partial charge in [0.2, 0.25) is 11.8 Å². The summed E-state index contributed by atoms with van der Waals surface area (Å²) in [5, 5.41) is 9.54. The molecular formula is C20H26N2O4. The van der Waals surface area contributed by atoms with Crippen LogP contribution in [0, 0.1) is 17.8 Å². The van der Waals surface area contributed by atoms with Crippen LogP contribution in [0.25, 0.3) is 0 Å². The maximum atomic E-state index is 12.6. The number of hydrogen-bond donors (Lipinski definition) is 1. The fourth-order valence-electron chi connectivity index (χ4n) is 4.32. The van der Waals surface area contributed by atoms with Crippen molar-refractivity contribution in [1.82, 2.24) is 9.88 Å². The quantitative estimate of drug-likeness (QED) is 0.790. The Morgan fingerprint density at radius 2 is 1.88 bits per heavy atom. The first-order valence-electron chi connectivity index (χ1n) is 9.46. The van der Waals surface area contributed by atoms with Gasteiger partial charge in [-0.2, -0.15) is 0 Å². The molecule has 2 heterocycles. The number of aromatic nitrogens is 1. The molecule has 1 aromatic heterocycles. The zero-order valence-electron chi connectivity index (χ0n) is 15.1. The molecule has 0 bridgehead atoms. The van der Waals surface area contributed by atoms with Crippen molar-refractivity contribution in [2.75, 3.05) is 0 Å². The van der Waals surface area contributed by atoms with E-state index >= 15 is 0 Å². The highest BCUT2D eigenvalue weighted by Crippen LogP contribution is 2.35. The van der Waals surface area contributed by atoms with Gasteiger partial charge in [-0.1, -0.05) is 39.0 Å². The normalized spacial score (nSPS) is 24.8. The van der Waals surface area contributed by atoms with Crippen molar-refractivity contribution in [1.29, 1.82) is 0 Å². The van der Waals surface area contributed by atoms with Gasteiger partial charge in [0.1, 0.15) is 6.04 Å². The van der Waals surface area contributed by atoms with Gasteiger partial charge in [0.05, 0.1) is 5.92 Å². The van der Waals surface area contributed by atoms with E-state index in [1.807, 2.05) is 6.92 Å². The van der Waals surface area contributed by atoms with Crippen LogP contribution in [0.3, 0.4) is 0 Å². The minimum atomic E-state index is -1.11. The van der Waals surface area contributed by atoms with Gasteiger partial charge in [0, 0.05) is 18.8 Å². The molecule has 0 spiro atoms. The van der Waals surface area contributed by atoms with Crippen molar-refractivity contribution in [2.45, 2.75) is 57.9 Å². The number of rotatable bonds is 6. The molecule has 0 aromatic carbocycles. The van der Waals surface area contributed by atoms with Crippen molar-refractivity contribution in [3.05, 3.63) is 30.1 Å². The van der Waals surface area contributed by atoms with E-state index in [-0.39, 0.29) is 24.2 Å². The summed E-state index contributed by atoms with van der Waals surface area (Å²) in [5.41, 5.74) is 0.854. The lowest BCUT2D eigenvalue weighted by Gasteiger charge is -2.43. The summed E-state index contributed by atoms with van der Waals surface area (Å²) in [7, 11) is 0. The molecule has 1 N–H and O–H groups in total. The molecule has 1 saturated carbocycles. The van der Waals surface area contributed by atoms with Crippen LogP contribution in [0.1, 0.15) is 51.0 Å². The van der Waals surface area contributed by atoms with Crippen LogP contribution in [0.5, 0.6) is 0 Å². The van der Waals surface area contributed by atoms with Crippen molar-refractivity contribution in [3.63, 3.8) is 0 Å². The maximum Gasteiger partial charge on any atom is 0.327 e. The number of hydrogen-bond acceptors (Lipinski definition) is 4. The molecule has 1 aliphatic heterocycles. The number of pyridine rings is 1. The number of nitrogens with zero attached hydrogens (tertiary/aromatic N) is 2. The summed E-state index contributed by atoms with van der Waals surface area (Å²) in [6, 6.07) is 2.48. The lowest BCUT2D eigenvalue weighted by Crippen LogP contribution is -2.67. The van der Waals surface area contributed by atoms with E-state index in [4.69, 9.17) is 0 Å². The average molecular weight is 358 g/mol. The Hall–Kier alpha value is -2.24. The molecule has 2 fully saturated rings. The molecule has 6 heteroatoms. The number of carboxylic acids is 1. The van der Waals surface area contributed by atoms with Crippen molar-refractivity contribution < 1.29 is 19.5 Å². The van der Waals surface area contributed by atoms with E-state index in [2.05, 4.69) is 4.98 Å². The summed E-state index contributed by atoms with van der Waals surface area (Å²) in [6.45, 7) is 2.04. The molecule has 26 heavy (non-hydrogen) atoms. The molecule has 140 valence electrons. The third-order valence-corrected chi connectivity index (χ3v) is 5.89. The van der Waals surface area contributed by atoms with Gasteiger partial charge in [-0.25, -0.2) is 4.79 Å². The van der Waals surface area contributed by atoms with Crippen molar-refractivity contribution in [2.24, 2.45) is 17.8 Å². The third-order valence-electron chi connectivity index (χ3n) is 5.89. The summed E-state index contributed by atoms with van der Waals surface area (Å²) < 4.78 is 0. The first kappa shape index (κ1) is 18.5. The SMILES string of the molecule is C[C@@H](CC(=O)N1C(=O)[C@H](Cc2ccncc2)[C@H]1C(=O)O)C1CCCCC1. The van der Waals surface area contributed by atoms with E-state index in [9.17, 15) is 19.5 Å². The fraction of sp³-hybridized carbons (Fsp3) is 0.600. The Balaban J connectivity index is 1.64. The Labute approximate surface area is 153 Å². The van der Waals surface area contributed by atoms with Gasteiger partial charge in [-0.15, -0.1) is 0 Å². The van der Waals surface area contributed by atoms with Gasteiger partial charge in [-0.05, 0) is 36.0 Å². The Kier molecular flexibility index (Phi) is 5.69. The molecule has 1 aromatic rings. The smallest absolute Gasteiger partial charge is 0.327 e. The summed E-state index contributed by atoms with van der Waals surface area (Å²) in [4.78, 5) is 41.7. The molecule has 1 saturated heterocycles. The predicted octanol–water partition coefficient (Wildman–Crippen LogP) is 2.67. The largest absolute Gasteiger partial charge is 0.480 e. The standard InChI is InChI=1S/C20H26N2O4/c1-13(15-5-3-2-4-6-15)11-17(23)22-18(20(25)26)16(19(22)24)12-14-7-9-21-10-8-14/h7-10,13,15-16,18H,2-6,11-12H2,1H3,(H,25,26)/t13-,16+,18-/m0/s1. The van der Waals surface area contributed by atoms with Crippen molar-refractivity contribution in [3.8, 4) is 0 Å². The lowest BCUT2D eigenvalue weighted by atomic mass is 9.78. The van der Waals surface area contributed by atoms with Gasteiger partial charge in [-0.3, -0.25) is 19.5 Å². The van der Waals surface area contributed by atoms with Crippen LogP contribution in [0.15, 0.2) is 24.5 Å². The molecule has 0 unspecified atom stereocenters. The number of amides is 2. The fourth-order valence-corrected chi connectivity index (χ4v) is 4.32. The zero-order chi connectivity index (χ0) is 18.7. The number of carbonyl (C=O) groups is 3. The van der Waals surface area contributed by atoms with Crippen LogP contribution in [0.2, 0.25) is 0 Å². The maximum absolute atomic E-state index is 12.6. The molecule has 1 aliphatic carbocycles. The number of imide groups is 1. The highest BCUT2D eigenvalue weighted by atomic mass is 16.4. The van der Waals surface area contributed by atoms with Crippen LogP contribution < -0.4 is 0 Å². The van der Waals surface area contributed by atoms with E-state index in [0.717, 1.165) is 23.3 Å². The van der Waals surface area contributed by atoms with Crippen LogP contribution >= 0.6 is 0 Å². The number of aliphatic carboxylic acids is 1. The van der Waals surface area contributed by atoms with Crippen molar-refractivity contribution >= 4 is 17.8 Å². The summed E-state index contributed by atoms with van der Waals surface area (Å²) in [5.74, 6) is -1.81. The van der Waals surface area contributed by atoms with E-state index in [1.54, 1.807) is 24.5 Å². The van der Waals surface area contributed by atoms with E-state index in [1.165, 1.54) is 19.3 Å². The highest BCUT2D eigenvalue weighted by Gasteiger charge is 2.54. The number of carboxylic acid groups (broad SMARTS) is 1. The summed E-state index contributed by atoms with van der Waals surface area (Å²) >= 11 is 0. The van der Waals surface area contributed by atoms with Crippen LogP contribution in [0.4, 0.5) is 0 Å². The molecule has 2 amide bonds. The topological polar surface area (TPSA) is 87.6 Å². The number of β-lactam (4-membered cyclic amide) rings is 1. The Morgan fingerprint density at radius 3 is 2.50 bits per heavy atom. The second-order valence-electron chi connectivity index (χ2n) is 7.63. The van der Waals surface area contributed by atoms with E-state index in [0.29, 0.717) is 12.3 Å². The minimum Gasteiger partial charge on any atom is -0.480 e. The van der Waals surface area contributed by atoms with Gasteiger partial charge in [0.15, 0.2) is 0 Å². The van der Waals surface area contributed by atoms with Crippen LogP contribution in [-0.2, 0) is 20.8 Å². The number of likely N-dealkylation sites (tertiary alicyclic amines) is 1. The Morgan fingerprint density at radius 1 is 1.23 bits per heavy atom. The monoisotopic (exact) mass is 358 g/mol. The van der Waals surface area contributed by atoms with Gasteiger partial charge >= 0.3 is 5.97 Å². The van der Waals surface area contributed by atoms with Gasteiger partial charge in [0.25, 0.3) is 0 Å². The first-order valence-corrected chi connectivity index (χ1v) is 9.46. The lowest BCUT2D eigenvalue weighted by molar-refractivity contribution is -0.177. The molecule has 3 atom stereocenters.